The van der Waals surface area contributed by atoms with Crippen molar-refractivity contribution < 1.29 is 18.7 Å². The maximum atomic E-state index is 12.9. The average Bonchev–Trinajstić information content (AvgIpc) is 3.16. The molecular weight excluding hydrogens is 335 g/mol. The summed E-state index contributed by atoms with van der Waals surface area (Å²) >= 11 is 0. The number of ether oxygens (including phenoxy) is 1. The van der Waals surface area contributed by atoms with Gasteiger partial charge < -0.3 is 15.4 Å². The highest BCUT2D eigenvalue weighted by Crippen LogP contribution is 2.16. The molecule has 1 unspecified atom stereocenters. The van der Waals surface area contributed by atoms with Crippen molar-refractivity contribution in [3.63, 3.8) is 0 Å². The number of anilines is 1. The number of hydrogen-bond acceptors (Lipinski definition) is 3. The molecule has 0 radical (unpaired) electrons. The number of amides is 2. The topological polar surface area (TPSA) is 67.4 Å². The summed E-state index contributed by atoms with van der Waals surface area (Å²) in [5.41, 5.74) is 1.55. The molecule has 0 aromatic heterocycles. The summed E-state index contributed by atoms with van der Waals surface area (Å²) in [4.78, 5) is 24.7. The van der Waals surface area contributed by atoms with Gasteiger partial charge in [-0.3, -0.25) is 9.59 Å². The van der Waals surface area contributed by atoms with Crippen molar-refractivity contribution in [1.29, 1.82) is 0 Å². The summed E-state index contributed by atoms with van der Waals surface area (Å²) in [6, 6.07) is 12.6. The zero-order valence-electron chi connectivity index (χ0n) is 14.3. The number of rotatable bonds is 6. The second-order valence-corrected chi connectivity index (χ2v) is 6.24. The third-order valence-electron chi connectivity index (χ3n) is 4.24. The first-order valence-electron chi connectivity index (χ1n) is 8.65. The SMILES string of the molecule is O=C(Cc1ccc(F)cc1)Nc1ccccc1C(=O)NCC1CCCO1. The lowest BCUT2D eigenvalue weighted by atomic mass is 10.1. The first-order chi connectivity index (χ1) is 12.6. The number of carbonyl (C=O) groups excluding carboxylic acids is 2. The largest absolute Gasteiger partial charge is 0.376 e. The number of nitrogens with one attached hydrogen (secondary N) is 2. The van der Waals surface area contributed by atoms with Gasteiger partial charge >= 0.3 is 0 Å². The van der Waals surface area contributed by atoms with Crippen LogP contribution in [-0.4, -0.2) is 31.1 Å². The monoisotopic (exact) mass is 356 g/mol. The lowest BCUT2D eigenvalue weighted by Crippen LogP contribution is -2.32. The number of carbonyl (C=O) groups is 2. The van der Waals surface area contributed by atoms with E-state index in [1.807, 2.05) is 0 Å². The molecule has 1 heterocycles. The molecule has 1 atom stereocenters. The second kappa shape index (κ2) is 8.58. The third kappa shape index (κ3) is 4.89. The van der Waals surface area contributed by atoms with Gasteiger partial charge in [-0.15, -0.1) is 0 Å². The van der Waals surface area contributed by atoms with Crippen LogP contribution in [0.15, 0.2) is 48.5 Å². The Morgan fingerprint density at radius 3 is 2.62 bits per heavy atom. The molecule has 0 spiro atoms. The average molecular weight is 356 g/mol. The van der Waals surface area contributed by atoms with Gasteiger partial charge in [-0.25, -0.2) is 4.39 Å². The van der Waals surface area contributed by atoms with Gasteiger partial charge in [0.2, 0.25) is 5.91 Å². The predicted molar refractivity (Wildman–Crippen MR) is 96.5 cm³/mol. The Bertz CT molecular complexity index is 771. The van der Waals surface area contributed by atoms with Gasteiger partial charge in [0.05, 0.1) is 23.8 Å². The smallest absolute Gasteiger partial charge is 0.253 e. The number of benzene rings is 2. The Hall–Kier alpha value is -2.73. The van der Waals surface area contributed by atoms with Crippen LogP contribution in [0.1, 0.15) is 28.8 Å². The highest BCUT2D eigenvalue weighted by atomic mass is 19.1. The molecule has 2 N–H and O–H groups in total. The molecule has 0 aliphatic carbocycles. The summed E-state index contributed by atoms with van der Waals surface area (Å²) < 4.78 is 18.4. The molecule has 26 heavy (non-hydrogen) atoms. The Labute approximate surface area is 151 Å². The van der Waals surface area contributed by atoms with E-state index in [1.54, 1.807) is 36.4 Å². The molecule has 1 fully saturated rings. The molecule has 0 bridgehead atoms. The molecular formula is C20H21FN2O3. The van der Waals surface area contributed by atoms with Gasteiger partial charge in [0.15, 0.2) is 0 Å². The van der Waals surface area contributed by atoms with E-state index >= 15 is 0 Å². The van der Waals surface area contributed by atoms with E-state index < -0.39 is 0 Å². The molecule has 2 aromatic rings. The molecule has 0 saturated carbocycles. The summed E-state index contributed by atoms with van der Waals surface area (Å²) in [5, 5.41) is 5.61. The van der Waals surface area contributed by atoms with Crippen molar-refractivity contribution in [2.45, 2.75) is 25.4 Å². The number of para-hydroxylation sites is 1. The minimum absolute atomic E-state index is 0.0548. The highest BCUT2D eigenvalue weighted by molar-refractivity contribution is 6.04. The van der Waals surface area contributed by atoms with Crippen LogP contribution >= 0.6 is 0 Å². The zero-order chi connectivity index (χ0) is 18.4. The Morgan fingerprint density at radius 2 is 1.88 bits per heavy atom. The molecule has 2 amide bonds. The van der Waals surface area contributed by atoms with E-state index in [9.17, 15) is 14.0 Å². The Kier molecular flexibility index (Phi) is 5.96. The maximum absolute atomic E-state index is 12.9. The lowest BCUT2D eigenvalue weighted by molar-refractivity contribution is -0.115. The van der Waals surface area contributed by atoms with Crippen molar-refractivity contribution in [3.8, 4) is 0 Å². The van der Waals surface area contributed by atoms with Gasteiger partial charge in [0.25, 0.3) is 5.91 Å². The van der Waals surface area contributed by atoms with Gasteiger partial charge in [-0.05, 0) is 42.7 Å². The third-order valence-corrected chi connectivity index (χ3v) is 4.24. The van der Waals surface area contributed by atoms with E-state index in [1.165, 1.54) is 12.1 Å². The maximum Gasteiger partial charge on any atom is 0.253 e. The van der Waals surface area contributed by atoms with Gasteiger partial charge in [-0.2, -0.15) is 0 Å². The normalized spacial score (nSPS) is 16.3. The molecule has 1 saturated heterocycles. The fourth-order valence-electron chi connectivity index (χ4n) is 2.88. The molecule has 6 heteroatoms. The molecule has 1 aliphatic rings. The fourth-order valence-corrected chi connectivity index (χ4v) is 2.88. The summed E-state index contributed by atoms with van der Waals surface area (Å²) in [5.74, 6) is -0.864. The fraction of sp³-hybridized carbons (Fsp3) is 0.300. The molecule has 136 valence electrons. The van der Waals surface area contributed by atoms with E-state index in [-0.39, 0.29) is 30.2 Å². The van der Waals surface area contributed by atoms with E-state index in [4.69, 9.17) is 4.74 Å². The molecule has 2 aromatic carbocycles. The van der Waals surface area contributed by atoms with Crippen molar-refractivity contribution in [2.24, 2.45) is 0 Å². The first kappa shape index (κ1) is 18.1. The molecule has 5 nitrogen and oxygen atoms in total. The standard InChI is InChI=1S/C20H21FN2O3/c21-15-9-7-14(8-10-15)12-19(24)23-18-6-2-1-5-17(18)20(25)22-13-16-4-3-11-26-16/h1-2,5-10,16H,3-4,11-13H2,(H,22,25)(H,23,24). The summed E-state index contributed by atoms with van der Waals surface area (Å²) in [6.45, 7) is 1.19. The minimum atomic E-state index is -0.345. The van der Waals surface area contributed by atoms with Crippen molar-refractivity contribution in [3.05, 3.63) is 65.5 Å². The van der Waals surface area contributed by atoms with Crippen LogP contribution in [-0.2, 0) is 16.0 Å². The van der Waals surface area contributed by atoms with Crippen LogP contribution in [0, 0.1) is 5.82 Å². The number of halogens is 1. The van der Waals surface area contributed by atoms with Crippen LogP contribution in [0.3, 0.4) is 0 Å². The highest BCUT2D eigenvalue weighted by Gasteiger charge is 2.18. The first-order valence-corrected chi connectivity index (χ1v) is 8.65. The Morgan fingerprint density at radius 1 is 1.12 bits per heavy atom. The van der Waals surface area contributed by atoms with E-state index in [2.05, 4.69) is 10.6 Å². The summed E-state index contributed by atoms with van der Waals surface area (Å²) in [7, 11) is 0. The van der Waals surface area contributed by atoms with Gasteiger partial charge in [-0.1, -0.05) is 24.3 Å². The Balaban J connectivity index is 1.61. The van der Waals surface area contributed by atoms with E-state index in [0.29, 0.717) is 23.4 Å². The van der Waals surface area contributed by atoms with Crippen LogP contribution in [0.4, 0.5) is 10.1 Å². The van der Waals surface area contributed by atoms with Crippen LogP contribution in [0.2, 0.25) is 0 Å². The predicted octanol–water partition coefficient (Wildman–Crippen LogP) is 2.92. The van der Waals surface area contributed by atoms with Crippen molar-refractivity contribution in [2.75, 3.05) is 18.5 Å². The molecule has 3 rings (SSSR count). The van der Waals surface area contributed by atoms with Crippen molar-refractivity contribution >= 4 is 17.5 Å². The molecule has 1 aliphatic heterocycles. The van der Waals surface area contributed by atoms with Gasteiger partial charge in [0, 0.05) is 13.2 Å². The summed E-state index contributed by atoms with van der Waals surface area (Å²) in [6.07, 6.45) is 2.11. The quantitative estimate of drug-likeness (QED) is 0.836. The lowest BCUT2D eigenvalue weighted by Gasteiger charge is -2.14. The second-order valence-electron chi connectivity index (χ2n) is 6.24. The van der Waals surface area contributed by atoms with Crippen LogP contribution in [0.5, 0.6) is 0 Å². The van der Waals surface area contributed by atoms with Crippen LogP contribution in [0.25, 0.3) is 0 Å². The van der Waals surface area contributed by atoms with Crippen molar-refractivity contribution in [1.82, 2.24) is 5.32 Å². The minimum Gasteiger partial charge on any atom is -0.376 e. The van der Waals surface area contributed by atoms with Gasteiger partial charge in [0.1, 0.15) is 5.82 Å². The number of hydrogen-bond donors (Lipinski definition) is 2. The zero-order valence-corrected chi connectivity index (χ0v) is 14.3. The van der Waals surface area contributed by atoms with E-state index in [0.717, 1.165) is 19.4 Å². The van der Waals surface area contributed by atoms with Crippen LogP contribution < -0.4 is 10.6 Å².